The van der Waals surface area contributed by atoms with E-state index in [-0.39, 0.29) is 36.0 Å². The molecule has 2 unspecified atom stereocenters. The lowest BCUT2D eigenvalue weighted by Gasteiger charge is -2.18. The fourth-order valence-corrected chi connectivity index (χ4v) is 2.95. The Morgan fingerprint density at radius 3 is 3.16 bits per heavy atom. The van der Waals surface area contributed by atoms with Crippen molar-refractivity contribution < 1.29 is 9.84 Å². The number of aliphatic hydroxyl groups is 1. The van der Waals surface area contributed by atoms with Gasteiger partial charge in [-0.25, -0.2) is 4.98 Å². The van der Waals surface area contributed by atoms with Crippen LogP contribution in [0, 0.1) is 11.8 Å². The molecule has 1 aliphatic carbocycles. The topological polar surface area (TPSA) is 119 Å². The molecule has 0 radical (unpaired) electrons. The summed E-state index contributed by atoms with van der Waals surface area (Å²) in [4.78, 5) is 22.3. The summed E-state index contributed by atoms with van der Waals surface area (Å²) in [6.45, 7) is 0.0143. The second kappa shape index (κ2) is 3.55. The predicted octanol–water partition coefficient (Wildman–Crippen LogP) is -0.772. The Morgan fingerprint density at radius 1 is 1.58 bits per heavy atom. The summed E-state index contributed by atoms with van der Waals surface area (Å²) < 4.78 is 7.52. The van der Waals surface area contributed by atoms with Gasteiger partial charge in [0.15, 0.2) is 11.2 Å². The van der Waals surface area contributed by atoms with Crippen LogP contribution in [-0.4, -0.2) is 37.3 Å². The minimum Gasteiger partial charge on any atom is -0.394 e. The van der Waals surface area contributed by atoms with Crippen molar-refractivity contribution in [1.29, 1.82) is 0 Å². The maximum Gasteiger partial charge on any atom is 0.280 e. The van der Waals surface area contributed by atoms with E-state index in [0.717, 1.165) is 6.42 Å². The molecule has 0 bridgehead atoms. The molecule has 0 aromatic carbocycles. The molecule has 4 rings (SSSR count). The van der Waals surface area contributed by atoms with Crippen molar-refractivity contribution in [2.45, 2.75) is 18.8 Å². The maximum atomic E-state index is 11.7. The zero-order chi connectivity index (χ0) is 13.1. The summed E-state index contributed by atoms with van der Waals surface area (Å²) >= 11 is 0. The number of anilines is 1. The number of fused-ring (bicyclic) bond motifs is 2. The lowest BCUT2D eigenvalue weighted by atomic mass is 10.2. The Labute approximate surface area is 107 Å². The number of nitrogen functional groups attached to an aromatic ring is 1. The third-order valence-electron chi connectivity index (χ3n) is 3.95. The molecular formula is C11H13N5O3. The lowest BCUT2D eigenvalue weighted by Crippen LogP contribution is -2.20. The van der Waals surface area contributed by atoms with Crippen LogP contribution in [0.15, 0.2) is 11.1 Å². The highest BCUT2D eigenvalue weighted by Crippen LogP contribution is 2.56. The van der Waals surface area contributed by atoms with Crippen molar-refractivity contribution in [3.05, 3.63) is 16.7 Å². The third-order valence-corrected chi connectivity index (χ3v) is 3.95. The largest absolute Gasteiger partial charge is 0.394 e. The summed E-state index contributed by atoms with van der Waals surface area (Å²) in [5.74, 6) is 0.812. The zero-order valence-corrected chi connectivity index (χ0v) is 9.98. The maximum absolute atomic E-state index is 11.7. The Bertz CT molecular complexity index is 708. The first-order chi connectivity index (χ1) is 9.19. The van der Waals surface area contributed by atoms with Gasteiger partial charge in [-0.05, 0) is 12.3 Å². The van der Waals surface area contributed by atoms with Crippen molar-refractivity contribution in [2.75, 3.05) is 12.3 Å². The number of H-pyrrole nitrogens is 1. The van der Waals surface area contributed by atoms with E-state index in [0.29, 0.717) is 17.5 Å². The summed E-state index contributed by atoms with van der Waals surface area (Å²) in [5.41, 5.74) is 5.88. The van der Waals surface area contributed by atoms with E-state index in [1.54, 1.807) is 10.9 Å². The quantitative estimate of drug-likeness (QED) is 0.654. The Balaban J connectivity index is 1.82. The Kier molecular flexibility index (Phi) is 2.04. The molecule has 1 aliphatic heterocycles. The van der Waals surface area contributed by atoms with Crippen LogP contribution in [0.2, 0.25) is 0 Å². The summed E-state index contributed by atoms with van der Waals surface area (Å²) in [7, 11) is 0. The fraction of sp³-hybridized carbons (Fsp3) is 0.545. The van der Waals surface area contributed by atoms with Gasteiger partial charge in [-0.3, -0.25) is 14.3 Å². The molecule has 2 aliphatic rings. The van der Waals surface area contributed by atoms with Crippen molar-refractivity contribution in [2.24, 2.45) is 11.8 Å². The van der Waals surface area contributed by atoms with Gasteiger partial charge in [-0.15, -0.1) is 0 Å². The van der Waals surface area contributed by atoms with Gasteiger partial charge in [0.1, 0.15) is 6.23 Å². The van der Waals surface area contributed by atoms with E-state index in [1.165, 1.54) is 0 Å². The number of imidazole rings is 1. The first-order valence-corrected chi connectivity index (χ1v) is 6.17. The summed E-state index contributed by atoms with van der Waals surface area (Å²) in [5, 5.41) is 9.24. The van der Waals surface area contributed by atoms with E-state index < -0.39 is 0 Å². The molecule has 8 heteroatoms. The van der Waals surface area contributed by atoms with Gasteiger partial charge in [-0.2, -0.15) is 4.98 Å². The molecule has 2 fully saturated rings. The summed E-state index contributed by atoms with van der Waals surface area (Å²) in [6, 6.07) is 0. The average Bonchev–Trinajstić information content (AvgIpc) is 2.91. The van der Waals surface area contributed by atoms with Gasteiger partial charge < -0.3 is 15.6 Å². The number of hydrogen-bond acceptors (Lipinski definition) is 6. The number of nitrogens with one attached hydrogen (secondary N) is 1. The first kappa shape index (κ1) is 10.9. The SMILES string of the molecule is Nc1nc2c(ncn2[C@@H]2O[C@H](CO)C3CC32)c(=O)[nH]1. The van der Waals surface area contributed by atoms with Crippen LogP contribution >= 0.6 is 0 Å². The van der Waals surface area contributed by atoms with Crippen molar-refractivity contribution in [3.63, 3.8) is 0 Å². The number of aromatic nitrogens is 4. The van der Waals surface area contributed by atoms with E-state index in [2.05, 4.69) is 15.0 Å². The van der Waals surface area contributed by atoms with Crippen LogP contribution in [0.4, 0.5) is 5.95 Å². The monoisotopic (exact) mass is 263 g/mol. The standard InChI is InChI=1S/C11H13N5O3/c12-11-14-8-7(9(18)15-11)13-3-16(8)10-5-1-4(5)6(2-17)19-10/h3-6,10,17H,1-2H2,(H3,12,14,15,18)/t4?,5?,6-,10-/m1/s1. The van der Waals surface area contributed by atoms with E-state index in [1.807, 2.05) is 0 Å². The van der Waals surface area contributed by atoms with Gasteiger partial charge in [-0.1, -0.05) is 0 Å². The van der Waals surface area contributed by atoms with E-state index >= 15 is 0 Å². The molecule has 2 aromatic rings. The molecule has 0 spiro atoms. The molecule has 1 saturated heterocycles. The van der Waals surface area contributed by atoms with Crippen molar-refractivity contribution in [3.8, 4) is 0 Å². The van der Waals surface area contributed by atoms with E-state index in [9.17, 15) is 9.90 Å². The van der Waals surface area contributed by atoms with Gasteiger partial charge >= 0.3 is 0 Å². The minimum atomic E-state index is -0.356. The number of ether oxygens (including phenoxy) is 1. The number of hydrogen-bond donors (Lipinski definition) is 3. The predicted molar refractivity (Wildman–Crippen MR) is 65.2 cm³/mol. The van der Waals surface area contributed by atoms with Crippen molar-refractivity contribution >= 4 is 17.1 Å². The molecule has 0 amide bonds. The van der Waals surface area contributed by atoms with Crippen molar-refractivity contribution in [1.82, 2.24) is 19.5 Å². The zero-order valence-electron chi connectivity index (χ0n) is 9.98. The highest BCUT2D eigenvalue weighted by molar-refractivity contribution is 5.70. The van der Waals surface area contributed by atoms with Crippen LogP contribution < -0.4 is 11.3 Å². The number of nitrogens with zero attached hydrogens (tertiary/aromatic N) is 3. The number of aliphatic hydroxyl groups excluding tert-OH is 1. The molecule has 4 N–H and O–H groups in total. The average molecular weight is 263 g/mol. The normalized spacial score (nSPS) is 32.7. The smallest absolute Gasteiger partial charge is 0.280 e. The molecule has 2 aromatic heterocycles. The van der Waals surface area contributed by atoms with Gasteiger partial charge in [0.05, 0.1) is 19.0 Å². The number of rotatable bonds is 2. The van der Waals surface area contributed by atoms with Crippen LogP contribution in [0.5, 0.6) is 0 Å². The second-order valence-corrected chi connectivity index (χ2v) is 5.09. The molecule has 8 nitrogen and oxygen atoms in total. The highest BCUT2D eigenvalue weighted by atomic mass is 16.5. The molecule has 3 heterocycles. The molecular weight excluding hydrogens is 250 g/mol. The third kappa shape index (κ3) is 1.44. The molecule has 100 valence electrons. The van der Waals surface area contributed by atoms with Gasteiger partial charge in [0.2, 0.25) is 5.95 Å². The Hall–Kier alpha value is -1.93. The molecule has 4 atom stereocenters. The van der Waals surface area contributed by atoms with Crippen LogP contribution in [-0.2, 0) is 4.74 Å². The Morgan fingerprint density at radius 2 is 2.42 bits per heavy atom. The van der Waals surface area contributed by atoms with Crippen LogP contribution in [0.1, 0.15) is 12.6 Å². The fourth-order valence-electron chi connectivity index (χ4n) is 2.95. The number of nitrogens with two attached hydrogens (primary N) is 1. The van der Waals surface area contributed by atoms with E-state index in [4.69, 9.17) is 10.5 Å². The first-order valence-electron chi connectivity index (χ1n) is 6.17. The van der Waals surface area contributed by atoms with Crippen LogP contribution in [0.25, 0.3) is 11.2 Å². The van der Waals surface area contributed by atoms with Gasteiger partial charge in [0, 0.05) is 5.92 Å². The number of aromatic amines is 1. The molecule has 19 heavy (non-hydrogen) atoms. The summed E-state index contributed by atoms with van der Waals surface area (Å²) in [6.07, 6.45) is 2.22. The van der Waals surface area contributed by atoms with Gasteiger partial charge in [0.25, 0.3) is 5.56 Å². The highest BCUT2D eigenvalue weighted by Gasteiger charge is 2.56. The lowest BCUT2D eigenvalue weighted by molar-refractivity contribution is -0.0479. The minimum absolute atomic E-state index is 0.0143. The second-order valence-electron chi connectivity index (χ2n) is 5.09. The molecule has 1 saturated carbocycles. The van der Waals surface area contributed by atoms with Crippen LogP contribution in [0.3, 0.4) is 0 Å².